The minimum absolute atomic E-state index is 0.160. The lowest BCUT2D eigenvalue weighted by Gasteiger charge is -2.31. The van der Waals surface area contributed by atoms with Gasteiger partial charge in [-0.3, -0.25) is 10.1 Å². The number of benzene rings is 1. The Morgan fingerprint density at radius 2 is 2.24 bits per heavy atom. The van der Waals surface area contributed by atoms with Crippen molar-refractivity contribution in [2.24, 2.45) is 10.7 Å². The molecular weight excluding hydrogens is 272 g/mol. The van der Waals surface area contributed by atoms with Crippen LogP contribution in [0.4, 0.5) is 0 Å². The van der Waals surface area contributed by atoms with E-state index < -0.39 is 5.66 Å². The molecule has 4 N–H and O–H groups in total. The quantitative estimate of drug-likeness (QED) is 0.644. The Bertz CT molecular complexity index is 586. The van der Waals surface area contributed by atoms with E-state index in [2.05, 4.69) is 15.6 Å². The van der Waals surface area contributed by atoms with Crippen molar-refractivity contribution in [3.05, 3.63) is 36.2 Å². The molecule has 0 aliphatic carbocycles. The predicted octanol–water partition coefficient (Wildman–Crippen LogP) is 0.120. The van der Waals surface area contributed by atoms with Crippen molar-refractivity contribution in [3.8, 4) is 11.5 Å². The Morgan fingerprint density at radius 1 is 1.43 bits per heavy atom. The van der Waals surface area contributed by atoms with Crippen LogP contribution in [0.3, 0.4) is 0 Å². The summed E-state index contributed by atoms with van der Waals surface area (Å²) in [5.74, 6) is 1.51. The fourth-order valence-corrected chi connectivity index (χ4v) is 1.97. The first-order chi connectivity index (χ1) is 10.1. The molecule has 7 nitrogen and oxygen atoms in total. The topological polar surface area (TPSA) is 98.0 Å². The molecule has 0 saturated carbocycles. The van der Waals surface area contributed by atoms with Crippen LogP contribution in [0.15, 0.2) is 35.6 Å². The summed E-state index contributed by atoms with van der Waals surface area (Å²) in [7, 11) is 3.16. The number of hydrogen-bond donors (Lipinski definition) is 3. The van der Waals surface area contributed by atoms with Gasteiger partial charge in [-0.1, -0.05) is 6.07 Å². The van der Waals surface area contributed by atoms with Crippen LogP contribution in [0.2, 0.25) is 0 Å². The van der Waals surface area contributed by atoms with Gasteiger partial charge in [-0.2, -0.15) is 0 Å². The second kappa shape index (κ2) is 6.27. The molecule has 1 aliphatic heterocycles. The summed E-state index contributed by atoms with van der Waals surface area (Å²) in [5.41, 5.74) is 5.45. The number of carbonyl (C=O) groups is 1. The van der Waals surface area contributed by atoms with Crippen LogP contribution in [0.25, 0.3) is 0 Å². The molecule has 0 aromatic heterocycles. The average Bonchev–Trinajstić information content (AvgIpc) is 2.54. The Morgan fingerprint density at radius 3 is 2.86 bits per heavy atom. The second-order valence-electron chi connectivity index (χ2n) is 4.43. The van der Waals surface area contributed by atoms with Gasteiger partial charge in [0.1, 0.15) is 17.3 Å². The third-order valence-corrected chi connectivity index (χ3v) is 3.23. The molecular formula is C14H18N4O3. The Kier molecular flexibility index (Phi) is 4.44. The van der Waals surface area contributed by atoms with Gasteiger partial charge >= 0.3 is 0 Å². The Labute approximate surface area is 122 Å². The maximum absolute atomic E-state index is 11.4. The molecule has 112 valence electrons. The van der Waals surface area contributed by atoms with E-state index in [4.69, 9.17) is 15.2 Å². The summed E-state index contributed by atoms with van der Waals surface area (Å²) in [4.78, 5) is 15.3. The van der Waals surface area contributed by atoms with Gasteiger partial charge in [-0.05, 0) is 6.07 Å². The van der Waals surface area contributed by atoms with E-state index in [9.17, 15) is 4.79 Å². The zero-order valence-corrected chi connectivity index (χ0v) is 11.9. The van der Waals surface area contributed by atoms with Gasteiger partial charge in [0.25, 0.3) is 0 Å². The van der Waals surface area contributed by atoms with E-state index in [1.54, 1.807) is 26.5 Å². The van der Waals surface area contributed by atoms with Crippen molar-refractivity contribution in [1.29, 1.82) is 0 Å². The van der Waals surface area contributed by atoms with Crippen LogP contribution in [0, 0.1) is 0 Å². The van der Waals surface area contributed by atoms with Crippen LogP contribution in [-0.4, -0.2) is 32.0 Å². The van der Waals surface area contributed by atoms with E-state index in [-0.39, 0.29) is 5.84 Å². The molecule has 2 rings (SSSR count). The minimum Gasteiger partial charge on any atom is -0.497 e. The predicted molar refractivity (Wildman–Crippen MR) is 79.1 cm³/mol. The zero-order valence-electron chi connectivity index (χ0n) is 11.9. The fraction of sp³-hybridized carbons (Fsp3) is 0.286. The van der Waals surface area contributed by atoms with E-state index in [1.807, 2.05) is 12.1 Å². The first-order valence-electron chi connectivity index (χ1n) is 6.34. The highest BCUT2D eigenvalue weighted by Gasteiger charge is 2.34. The molecule has 0 amide bonds. The minimum atomic E-state index is -1.21. The largest absolute Gasteiger partial charge is 0.497 e. The lowest BCUT2D eigenvalue weighted by molar-refractivity contribution is -0.111. The van der Waals surface area contributed by atoms with E-state index >= 15 is 0 Å². The van der Waals surface area contributed by atoms with Crippen molar-refractivity contribution in [2.75, 3.05) is 14.2 Å². The summed E-state index contributed by atoms with van der Waals surface area (Å²) < 4.78 is 10.5. The number of nitrogens with two attached hydrogens (primary N) is 1. The standard InChI is InChI=1S/C14H18N4O3/c1-20-11-4-3-10(12(7-11)21-2)8-18-14(9-19)13(15)16-5-6-17-14/h3-7,9,17-18H,8H2,1-2H3,(H2,15,16). The first-order valence-corrected chi connectivity index (χ1v) is 6.34. The second-order valence-corrected chi connectivity index (χ2v) is 4.43. The van der Waals surface area contributed by atoms with E-state index in [1.165, 1.54) is 6.20 Å². The summed E-state index contributed by atoms with van der Waals surface area (Å²) >= 11 is 0. The third-order valence-electron chi connectivity index (χ3n) is 3.23. The van der Waals surface area contributed by atoms with Gasteiger partial charge < -0.3 is 20.5 Å². The highest BCUT2D eigenvalue weighted by atomic mass is 16.5. The highest BCUT2D eigenvalue weighted by Crippen LogP contribution is 2.24. The zero-order chi connectivity index (χ0) is 15.3. The number of aliphatic imine (C=N–C) groups is 1. The number of aldehydes is 1. The number of amidine groups is 1. The molecule has 1 unspecified atom stereocenters. The molecule has 1 aliphatic rings. The molecule has 0 spiro atoms. The number of rotatable bonds is 6. The van der Waals surface area contributed by atoms with Crippen molar-refractivity contribution < 1.29 is 14.3 Å². The smallest absolute Gasteiger partial charge is 0.204 e. The van der Waals surface area contributed by atoms with Gasteiger partial charge in [-0.15, -0.1) is 0 Å². The monoisotopic (exact) mass is 290 g/mol. The SMILES string of the molecule is COc1ccc(CNC2(C=O)NC=CN=C2N)c(OC)c1. The van der Waals surface area contributed by atoms with Crippen LogP contribution >= 0.6 is 0 Å². The van der Waals surface area contributed by atoms with E-state index in [0.29, 0.717) is 24.3 Å². The molecule has 0 saturated heterocycles. The molecule has 1 aromatic rings. The normalized spacial score (nSPS) is 20.4. The first kappa shape index (κ1) is 14.9. The van der Waals surface area contributed by atoms with E-state index in [0.717, 1.165) is 5.56 Å². The van der Waals surface area contributed by atoms with Crippen molar-refractivity contribution >= 4 is 12.1 Å². The molecule has 0 fully saturated rings. The number of methoxy groups -OCH3 is 2. The molecule has 0 bridgehead atoms. The average molecular weight is 290 g/mol. The number of ether oxygens (including phenoxy) is 2. The molecule has 1 heterocycles. The summed E-state index contributed by atoms with van der Waals surface area (Å²) in [6.07, 6.45) is 3.74. The number of hydrogen-bond acceptors (Lipinski definition) is 7. The summed E-state index contributed by atoms with van der Waals surface area (Å²) in [5, 5.41) is 5.94. The molecule has 1 atom stereocenters. The lowest BCUT2D eigenvalue weighted by atomic mass is 10.1. The fourth-order valence-electron chi connectivity index (χ4n) is 1.97. The maximum atomic E-state index is 11.4. The Hall–Kier alpha value is -2.54. The molecule has 0 radical (unpaired) electrons. The van der Waals surface area contributed by atoms with Crippen LogP contribution < -0.4 is 25.8 Å². The number of nitrogens with one attached hydrogen (secondary N) is 2. The van der Waals surface area contributed by atoms with Gasteiger partial charge in [0.05, 0.1) is 14.2 Å². The van der Waals surface area contributed by atoms with Gasteiger partial charge in [-0.25, -0.2) is 4.99 Å². The summed E-state index contributed by atoms with van der Waals surface area (Å²) in [6, 6.07) is 5.45. The van der Waals surface area contributed by atoms with Gasteiger partial charge in [0, 0.05) is 30.6 Å². The lowest BCUT2D eigenvalue weighted by Crippen LogP contribution is -2.65. The van der Waals surface area contributed by atoms with Crippen LogP contribution in [0.5, 0.6) is 11.5 Å². The Balaban J connectivity index is 2.17. The molecule has 7 heteroatoms. The number of carbonyl (C=O) groups excluding carboxylic acids is 1. The van der Waals surface area contributed by atoms with Crippen LogP contribution in [-0.2, 0) is 11.3 Å². The maximum Gasteiger partial charge on any atom is 0.204 e. The van der Waals surface area contributed by atoms with Crippen molar-refractivity contribution in [1.82, 2.24) is 10.6 Å². The summed E-state index contributed by atoms with van der Waals surface area (Å²) in [6.45, 7) is 0.364. The van der Waals surface area contributed by atoms with Gasteiger partial charge in [0.2, 0.25) is 5.66 Å². The third kappa shape index (κ3) is 2.97. The highest BCUT2D eigenvalue weighted by molar-refractivity contribution is 6.04. The van der Waals surface area contributed by atoms with Crippen molar-refractivity contribution in [3.63, 3.8) is 0 Å². The van der Waals surface area contributed by atoms with Crippen molar-refractivity contribution in [2.45, 2.75) is 12.2 Å². The molecule has 21 heavy (non-hydrogen) atoms. The van der Waals surface area contributed by atoms with Crippen LogP contribution in [0.1, 0.15) is 5.56 Å². The molecule has 1 aromatic carbocycles. The van der Waals surface area contributed by atoms with Gasteiger partial charge in [0.15, 0.2) is 6.29 Å². The number of nitrogens with zero attached hydrogens (tertiary/aromatic N) is 1.